The molecule has 0 aliphatic carbocycles. The average Bonchev–Trinajstić information content (AvgIpc) is 2.81. The standard InChI is InChI=1S/C26H29N3O4S/c1-17(2)24(27-25(30)23-8-6-5-7-19(23)4)26(31)29-28-20-11-15-22(16-12-20)34(32,33)21-13-9-18(3)10-14-21/h5-17,24,28H,1-4H3,(H,27,30)(H,29,31). The highest BCUT2D eigenvalue weighted by Crippen LogP contribution is 2.22. The number of sulfone groups is 1. The third-order valence-corrected chi connectivity index (χ3v) is 7.24. The van der Waals surface area contributed by atoms with Crippen LogP contribution in [0, 0.1) is 19.8 Å². The lowest BCUT2D eigenvalue weighted by Gasteiger charge is -2.22. The molecule has 8 heteroatoms. The zero-order chi connectivity index (χ0) is 24.9. The summed E-state index contributed by atoms with van der Waals surface area (Å²) in [6, 6.07) is 19.2. The Balaban J connectivity index is 1.65. The van der Waals surface area contributed by atoms with E-state index in [2.05, 4.69) is 16.2 Å². The van der Waals surface area contributed by atoms with Crippen LogP contribution in [0.5, 0.6) is 0 Å². The largest absolute Gasteiger partial charge is 0.340 e. The topological polar surface area (TPSA) is 104 Å². The molecule has 0 fully saturated rings. The molecule has 0 bridgehead atoms. The molecule has 0 spiro atoms. The zero-order valence-electron chi connectivity index (χ0n) is 19.6. The number of carbonyl (C=O) groups excluding carboxylic acids is 2. The number of aryl methyl sites for hydroxylation is 2. The predicted molar refractivity (Wildman–Crippen MR) is 132 cm³/mol. The fourth-order valence-corrected chi connectivity index (χ4v) is 4.63. The molecule has 3 rings (SSSR count). The molecule has 2 amide bonds. The smallest absolute Gasteiger partial charge is 0.261 e. The molecular weight excluding hydrogens is 450 g/mol. The van der Waals surface area contributed by atoms with Gasteiger partial charge in [0.05, 0.1) is 15.5 Å². The molecule has 0 aliphatic rings. The van der Waals surface area contributed by atoms with Crippen LogP contribution in [-0.4, -0.2) is 26.3 Å². The maximum atomic E-state index is 12.8. The second-order valence-electron chi connectivity index (χ2n) is 8.47. The fourth-order valence-electron chi connectivity index (χ4n) is 3.36. The predicted octanol–water partition coefficient (Wildman–Crippen LogP) is 4.03. The van der Waals surface area contributed by atoms with Crippen LogP contribution in [-0.2, 0) is 14.6 Å². The van der Waals surface area contributed by atoms with Crippen molar-refractivity contribution >= 4 is 27.3 Å². The molecule has 3 N–H and O–H groups in total. The number of nitrogens with one attached hydrogen (secondary N) is 3. The van der Waals surface area contributed by atoms with Crippen LogP contribution in [0.1, 0.15) is 35.3 Å². The van der Waals surface area contributed by atoms with E-state index in [4.69, 9.17) is 0 Å². The van der Waals surface area contributed by atoms with Gasteiger partial charge in [0.15, 0.2) is 0 Å². The first-order chi connectivity index (χ1) is 16.1. The van der Waals surface area contributed by atoms with Crippen LogP contribution in [0.25, 0.3) is 0 Å². The molecule has 3 aromatic rings. The van der Waals surface area contributed by atoms with Crippen LogP contribution in [0.4, 0.5) is 5.69 Å². The molecule has 0 radical (unpaired) electrons. The summed E-state index contributed by atoms with van der Waals surface area (Å²) in [5, 5.41) is 2.79. The number of hydrazine groups is 1. The van der Waals surface area contributed by atoms with Gasteiger partial charge in [-0.2, -0.15) is 0 Å². The Morgan fingerprint density at radius 2 is 1.35 bits per heavy atom. The molecule has 1 unspecified atom stereocenters. The van der Waals surface area contributed by atoms with Crippen LogP contribution < -0.4 is 16.2 Å². The number of rotatable bonds is 8. The Kier molecular flexibility index (Phi) is 7.73. The number of anilines is 1. The van der Waals surface area contributed by atoms with Crippen molar-refractivity contribution in [3.05, 3.63) is 89.5 Å². The summed E-state index contributed by atoms with van der Waals surface area (Å²) in [7, 11) is -3.63. The number of benzene rings is 3. The lowest BCUT2D eigenvalue weighted by atomic mass is 10.0. The highest BCUT2D eigenvalue weighted by atomic mass is 32.2. The molecule has 0 heterocycles. The van der Waals surface area contributed by atoms with E-state index in [-0.39, 0.29) is 21.6 Å². The minimum atomic E-state index is -3.63. The maximum absolute atomic E-state index is 12.8. The quantitative estimate of drug-likeness (QED) is 0.423. The lowest BCUT2D eigenvalue weighted by Crippen LogP contribution is -2.51. The summed E-state index contributed by atoms with van der Waals surface area (Å²) < 4.78 is 25.6. The van der Waals surface area contributed by atoms with E-state index in [1.165, 1.54) is 12.1 Å². The summed E-state index contributed by atoms with van der Waals surface area (Å²) in [6.45, 7) is 7.41. The van der Waals surface area contributed by atoms with Crippen molar-refractivity contribution in [2.75, 3.05) is 5.43 Å². The number of carbonyl (C=O) groups is 2. The minimum absolute atomic E-state index is 0.152. The molecule has 0 aromatic heterocycles. The van der Waals surface area contributed by atoms with Crippen molar-refractivity contribution in [1.82, 2.24) is 10.7 Å². The van der Waals surface area contributed by atoms with E-state index in [0.29, 0.717) is 11.3 Å². The van der Waals surface area contributed by atoms with Gasteiger partial charge in [-0.25, -0.2) is 8.42 Å². The van der Waals surface area contributed by atoms with E-state index in [9.17, 15) is 18.0 Å². The van der Waals surface area contributed by atoms with Gasteiger partial charge in [0, 0.05) is 5.56 Å². The zero-order valence-corrected chi connectivity index (χ0v) is 20.4. The van der Waals surface area contributed by atoms with Crippen LogP contribution in [0.3, 0.4) is 0 Å². The van der Waals surface area contributed by atoms with Gasteiger partial charge in [0.1, 0.15) is 6.04 Å². The van der Waals surface area contributed by atoms with Crippen molar-refractivity contribution in [2.45, 2.75) is 43.5 Å². The van der Waals surface area contributed by atoms with Gasteiger partial charge in [0.2, 0.25) is 9.84 Å². The van der Waals surface area contributed by atoms with Gasteiger partial charge in [-0.15, -0.1) is 0 Å². The third-order valence-electron chi connectivity index (χ3n) is 5.45. The van der Waals surface area contributed by atoms with Crippen LogP contribution in [0.2, 0.25) is 0 Å². The molecule has 0 saturated heterocycles. The van der Waals surface area contributed by atoms with Gasteiger partial charge in [-0.3, -0.25) is 20.4 Å². The molecule has 7 nitrogen and oxygen atoms in total. The first kappa shape index (κ1) is 25.0. The number of hydrogen-bond donors (Lipinski definition) is 3. The minimum Gasteiger partial charge on any atom is -0.340 e. The molecule has 178 valence electrons. The molecule has 0 saturated carbocycles. The first-order valence-corrected chi connectivity index (χ1v) is 12.4. The highest BCUT2D eigenvalue weighted by molar-refractivity contribution is 7.91. The van der Waals surface area contributed by atoms with E-state index >= 15 is 0 Å². The van der Waals surface area contributed by atoms with E-state index in [1.807, 2.05) is 39.8 Å². The van der Waals surface area contributed by atoms with Crippen molar-refractivity contribution in [3.8, 4) is 0 Å². The molecule has 3 aromatic carbocycles. The van der Waals surface area contributed by atoms with Crippen molar-refractivity contribution in [1.29, 1.82) is 0 Å². The summed E-state index contributed by atoms with van der Waals surface area (Å²) in [4.78, 5) is 25.8. The average molecular weight is 480 g/mol. The summed E-state index contributed by atoms with van der Waals surface area (Å²) in [5.41, 5.74) is 8.19. The van der Waals surface area contributed by atoms with Crippen LogP contribution in [0.15, 0.2) is 82.6 Å². The molecule has 1 atom stereocenters. The summed E-state index contributed by atoms with van der Waals surface area (Å²) in [6.07, 6.45) is 0. The van der Waals surface area contributed by atoms with E-state index in [1.54, 1.807) is 48.5 Å². The fraction of sp³-hybridized carbons (Fsp3) is 0.231. The normalized spacial score (nSPS) is 12.1. The Hall–Kier alpha value is -3.65. The van der Waals surface area contributed by atoms with Crippen molar-refractivity contribution in [2.24, 2.45) is 5.92 Å². The Bertz CT molecular complexity index is 1270. The first-order valence-electron chi connectivity index (χ1n) is 10.9. The van der Waals surface area contributed by atoms with Crippen LogP contribution >= 0.6 is 0 Å². The third kappa shape index (κ3) is 5.82. The van der Waals surface area contributed by atoms with E-state index in [0.717, 1.165) is 11.1 Å². The van der Waals surface area contributed by atoms with E-state index < -0.39 is 21.8 Å². The maximum Gasteiger partial charge on any atom is 0.261 e. The SMILES string of the molecule is Cc1ccc(S(=O)(=O)c2ccc(NNC(=O)C(NC(=O)c3ccccc3C)C(C)C)cc2)cc1. The molecular formula is C26H29N3O4S. The number of amides is 2. The summed E-state index contributed by atoms with van der Waals surface area (Å²) >= 11 is 0. The lowest BCUT2D eigenvalue weighted by molar-refractivity contribution is -0.123. The second kappa shape index (κ2) is 10.5. The monoisotopic (exact) mass is 479 g/mol. The molecule has 34 heavy (non-hydrogen) atoms. The highest BCUT2D eigenvalue weighted by Gasteiger charge is 2.25. The van der Waals surface area contributed by atoms with Gasteiger partial charge >= 0.3 is 0 Å². The number of hydrogen-bond acceptors (Lipinski definition) is 5. The van der Waals surface area contributed by atoms with Crippen molar-refractivity contribution in [3.63, 3.8) is 0 Å². The molecule has 0 aliphatic heterocycles. The van der Waals surface area contributed by atoms with Crippen molar-refractivity contribution < 1.29 is 18.0 Å². The second-order valence-corrected chi connectivity index (χ2v) is 10.4. The Labute approximate surface area is 200 Å². The van der Waals surface area contributed by atoms with Gasteiger partial charge in [0.25, 0.3) is 11.8 Å². The van der Waals surface area contributed by atoms with Gasteiger partial charge in [-0.05, 0) is 67.8 Å². The Morgan fingerprint density at radius 1 is 0.794 bits per heavy atom. The summed E-state index contributed by atoms with van der Waals surface area (Å²) in [5.74, 6) is -0.886. The van der Waals surface area contributed by atoms with Gasteiger partial charge in [-0.1, -0.05) is 49.7 Å². The van der Waals surface area contributed by atoms with Gasteiger partial charge < -0.3 is 5.32 Å². The Morgan fingerprint density at radius 3 is 1.91 bits per heavy atom.